The maximum absolute atomic E-state index is 13.1. The first-order valence-electron chi connectivity index (χ1n) is 9.28. The first-order valence-corrected chi connectivity index (χ1v) is 9.28. The highest BCUT2D eigenvalue weighted by Gasteiger charge is 2.42. The van der Waals surface area contributed by atoms with Crippen LogP contribution in [0.4, 0.5) is 0 Å². The highest BCUT2D eigenvalue weighted by atomic mass is 16.6. The van der Waals surface area contributed by atoms with Gasteiger partial charge in [0.05, 0.1) is 0 Å². The maximum Gasteiger partial charge on any atom is 0.331 e. The minimum Gasteiger partial charge on any atom is -0.508 e. The van der Waals surface area contributed by atoms with E-state index in [9.17, 15) is 19.8 Å². The molecule has 1 heterocycles. The van der Waals surface area contributed by atoms with Crippen molar-refractivity contribution in [2.45, 2.75) is 12.2 Å². The van der Waals surface area contributed by atoms with Crippen molar-refractivity contribution in [1.29, 1.82) is 0 Å². The Balaban J connectivity index is 1.66. The monoisotopic (exact) mass is 402 g/mol. The van der Waals surface area contributed by atoms with Crippen LogP contribution < -0.4 is 4.74 Å². The molecule has 1 aliphatic heterocycles. The molecule has 0 radical (unpaired) electrons. The number of carbonyl (C=O) groups excluding carboxylic acids is 2. The van der Waals surface area contributed by atoms with Crippen LogP contribution >= 0.6 is 0 Å². The van der Waals surface area contributed by atoms with Crippen LogP contribution in [0.2, 0.25) is 0 Å². The molecule has 1 aliphatic rings. The van der Waals surface area contributed by atoms with E-state index in [4.69, 9.17) is 9.47 Å². The second kappa shape index (κ2) is 8.13. The third-order valence-electron chi connectivity index (χ3n) is 4.68. The predicted molar refractivity (Wildman–Crippen MR) is 109 cm³/mol. The molecule has 0 amide bonds. The van der Waals surface area contributed by atoms with Crippen molar-refractivity contribution in [2.24, 2.45) is 0 Å². The van der Waals surface area contributed by atoms with Gasteiger partial charge < -0.3 is 19.7 Å². The van der Waals surface area contributed by atoms with E-state index in [0.717, 1.165) is 11.6 Å². The molecule has 0 unspecified atom stereocenters. The quantitative estimate of drug-likeness (QED) is 0.505. The number of phenolic OH excluding ortho intramolecular Hbond substituents is 2. The van der Waals surface area contributed by atoms with Crippen molar-refractivity contribution in [3.63, 3.8) is 0 Å². The summed E-state index contributed by atoms with van der Waals surface area (Å²) < 4.78 is 11.3. The largest absolute Gasteiger partial charge is 0.508 e. The highest BCUT2D eigenvalue weighted by molar-refractivity contribution is 6.07. The summed E-state index contributed by atoms with van der Waals surface area (Å²) in [5.74, 6) is -1.99. The normalized spacial score (nSPS) is 17.9. The molecular weight excluding hydrogens is 384 g/mol. The Hall–Kier alpha value is -4.06. The van der Waals surface area contributed by atoms with Gasteiger partial charge in [0, 0.05) is 18.2 Å². The second-order valence-electron chi connectivity index (χ2n) is 6.75. The van der Waals surface area contributed by atoms with Crippen molar-refractivity contribution >= 4 is 17.8 Å². The summed E-state index contributed by atoms with van der Waals surface area (Å²) in [5.41, 5.74) is 1.28. The minimum absolute atomic E-state index is 0.0264. The lowest BCUT2D eigenvalue weighted by Crippen LogP contribution is -2.39. The van der Waals surface area contributed by atoms with Crippen molar-refractivity contribution < 1.29 is 29.3 Å². The van der Waals surface area contributed by atoms with E-state index in [1.54, 1.807) is 30.3 Å². The summed E-state index contributed by atoms with van der Waals surface area (Å²) in [4.78, 5) is 25.6. The lowest BCUT2D eigenvalue weighted by atomic mass is 9.92. The van der Waals surface area contributed by atoms with E-state index < -0.39 is 29.7 Å². The Labute approximate surface area is 172 Å². The fraction of sp³-hybridized carbons (Fsp3) is 0.0833. The highest BCUT2D eigenvalue weighted by Crippen LogP contribution is 2.42. The summed E-state index contributed by atoms with van der Waals surface area (Å²) in [6, 6.07) is 20.3. The van der Waals surface area contributed by atoms with E-state index >= 15 is 0 Å². The lowest BCUT2D eigenvalue weighted by Gasteiger charge is -2.32. The SMILES string of the molecule is O=C(/C=C/c1ccccc1)O[C@H]1C(=O)c2c(O)cc(O)cc2O[C@H]1c1ccccc1. The molecule has 0 fully saturated rings. The standard InChI is InChI=1S/C24H18O6/c25-17-13-18(26)21-19(14-17)29-23(16-9-5-2-6-10-16)24(22(21)28)30-20(27)12-11-15-7-3-1-4-8-15/h1-14,23-26H/b12-11+/t23-,24-/m0/s1. The number of esters is 1. The molecule has 0 bridgehead atoms. The molecule has 30 heavy (non-hydrogen) atoms. The van der Waals surface area contributed by atoms with Crippen LogP contribution in [-0.4, -0.2) is 28.1 Å². The number of ether oxygens (including phenoxy) is 2. The molecule has 0 spiro atoms. The Morgan fingerprint density at radius 2 is 1.63 bits per heavy atom. The molecule has 6 heteroatoms. The average Bonchev–Trinajstić information content (AvgIpc) is 2.75. The van der Waals surface area contributed by atoms with E-state index in [1.165, 1.54) is 12.1 Å². The third kappa shape index (κ3) is 3.89. The lowest BCUT2D eigenvalue weighted by molar-refractivity contribution is -0.145. The maximum atomic E-state index is 13.1. The number of benzene rings is 3. The summed E-state index contributed by atoms with van der Waals surface area (Å²) in [5, 5.41) is 19.9. The summed E-state index contributed by atoms with van der Waals surface area (Å²) >= 11 is 0. The van der Waals surface area contributed by atoms with Gasteiger partial charge in [0.1, 0.15) is 22.8 Å². The van der Waals surface area contributed by atoms with Gasteiger partial charge in [0.25, 0.3) is 0 Å². The van der Waals surface area contributed by atoms with Crippen molar-refractivity contribution in [1.82, 2.24) is 0 Å². The van der Waals surface area contributed by atoms with E-state index in [-0.39, 0.29) is 17.1 Å². The Morgan fingerprint density at radius 3 is 2.33 bits per heavy atom. The van der Waals surface area contributed by atoms with Gasteiger partial charge in [0.15, 0.2) is 6.10 Å². The molecular formula is C24H18O6. The molecule has 3 aromatic rings. The second-order valence-corrected chi connectivity index (χ2v) is 6.75. The first-order chi connectivity index (χ1) is 14.5. The number of hydrogen-bond acceptors (Lipinski definition) is 6. The van der Waals surface area contributed by atoms with Crippen LogP contribution in [-0.2, 0) is 9.53 Å². The molecule has 0 saturated heterocycles. The number of phenols is 2. The zero-order chi connectivity index (χ0) is 21.1. The Bertz CT molecular complexity index is 1110. The molecule has 0 saturated carbocycles. The molecule has 6 nitrogen and oxygen atoms in total. The average molecular weight is 402 g/mol. The molecule has 4 rings (SSSR count). The van der Waals surface area contributed by atoms with Crippen LogP contribution in [0.15, 0.2) is 78.9 Å². The zero-order valence-electron chi connectivity index (χ0n) is 15.8. The number of carbonyl (C=O) groups is 2. The number of ketones is 1. The zero-order valence-corrected chi connectivity index (χ0v) is 15.8. The molecule has 3 aromatic carbocycles. The Kier molecular flexibility index (Phi) is 5.22. The Morgan fingerprint density at radius 1 is 0.967 bits per heavy atom. The molecule has 0 aromatic heterocycles. The molecule has 2 atom stereocenters. The number of hydrogen-bond donors (Lipinski definition) is 2. The van der Waals surface area contributed by atoms with E-state index in [1.807, 2.05) is 36.4 Å². The van der Waals surface area contributed by atoms with Gasteiger partial charge in [-0.3, -0.25) is 4.79 Å². The van der Waals surface area contributed by atoms with Crippen molar-refractivity contribution in [2.75, 3.05) is 0 Å². The van der Waals surface area contributed by atoms with Crippen molar-refractivity contribution in [3.8, 4) is 17.2 Å². The van der Waals surface area contributed by atoms with Gasteiger partial charge in [-0.2, -0.15) is 0 Å². The van der Waals surface area contributed by atoms with Crippen LogP contribution in [0.25, 0.3) is 6.08 Å². The van der Waals surface area contributed by atoms with Gasteiger partial charge in [-0.15, -0.1) is 0 Å². The van der Waals surface area contributed by atoms with Gasteiger partial charge in [0.2, 0.25) is 11.9 Å². The predicted octanol–water partition coefficient (Wildman–Crippen LogP) is 4.04. The molecule has 2 N–H and O–H groups in total. The van der Waals surface area contributed by atoms with Crippen molar-refractivity contribution in [3.05, 3.63) is 95.6 Å². The topological polar surface area (TPSA) is 93.1 Å². The molecule has 0 aliphatic carbocycles. The fourth-order valence-corrected chi connectivity index (χ4v) is 3.30. The number of Topliss-reactive ketones (excluding diaryl/α,β-unsaturated/α-hetero) is 1. The van der Waals surface area contributed by atoms with Crippen LogP contribution in [0.3, 0.4) is 0 Å². The summed E-state index contributed by atoms with van der Waals surface area (Å²) in [6.07, 6.45) is 0.582. The third-order valence-corrected chi connectivity index (χ3v) is 4.68. The number of aromatic hydroxyl groups is 2. The van der Waals surface area contributed by atoms with E-state index in [0.29, 0.717) is 5.56 Å². The smallest absolute Gasteiger partial charge is 0.331 e. The van der Waals surface area contributed by atoms with Crippen LogP contribution in [0, 0.1) is 0 Å². The fourth-order valence-electron chi connectivity index (χ4n) is 3.30. The first kappa shape index (κ1) is 19.3. The van der Waals surface area contributed by atoms with E-state index in [2.05, 4.69) is 0 Å². The summed E-state index contributed by atoms with van der Waals surface area (Å²) in [6.45, 7) is 0. The van der Waals surface area contributed by atoms with Crippen LogP contribution in [0.5, 0.6) is 17.2 Å². The summed E-state index contributed by atoms with van der Waals surface area (Å²) in [7, 11) is 0. The minimum atomic E-state index is -1.30. The number of fused-ring (bicyclic) bond motifs is 1. The van der Waals surface area contributed by atoms with Gasteiger partial charge >= 0.3 is 5.97 Å². The molecule has 150 valence electrons. The van der Waals surface area contributed by atoms with Gasteiger partial charge in [-0.05, 0) is 17.2 Å². The number of rotatable bonds is 4. The van der Waals surface area contributed by atoms with Gasteiger partial charge in [-0.25, -0.2) is 4.79 Å². The van der Waals surface area contributed by atoms with Gasteiger partial charge in [-0.1, -0.05) is 60.7 Å². The van der Waals surface area contributed by atoms with Crippen LogP contribution in [0.1, 0.15) is 27.6 Å².